The third-order valence-corrected chi connectivity index (χ3v) is 5.72. The van der Waals surface area contributed by atoms with Crippen LogP contribution < -0.4 is 10.2 Å². The van der Waals surface area contributed by atoms with Gasteiger partial charge in [-0.3, -0.25) is 0 Å². The number of aromatic nitrogens is 1. The third kappa shape index (κ3) is 3.92. The molecule has 3 heterocycles. The van der Waals surface area contributed by atoms with Crippen molar-refractivity contribution in [2.24, 2.45) is 5.41 Å². The van der Waals surface area contributed by atoms with Crippen LogP contribution in [0.3, 0.4) is 0 Å². The Labute approximate surface area is 150 Å². The van der Waals surface area contributed by atoms with Crippen LogP contribution in [0.5, 0.6) is 0 Å². The zero-order valence-electron chi connectivity index (χ0n) is 15.6. The van der Waals surface area contributed by atoms with Crippen molar-refractivity contribution in [3.63, 3.8) is 0 Å². The quantitative estimate of drug-likeness (QED) is 0.830. The van der Waals surface area contributed by atoms with Crippen LogP contribution in [0.15, 0.2) is 17.5 Å². The Bertz CT molecular complexity index is 689. The summed E-state index contributed by atoms with van der Waals surface area (Å²) in [6.45, 7) is 14.2. The van der Waals surface area contributed by atoms with Crippen LogP contribution in [0.25, 0.3) is 0 Å². The highest BCUT2D eigenvalue weighted by molar-refractivity contribution is 7.10. The largest absolute Gasteiger partial charge is 0.383 e. The molecule has 0 amide bonds. The van der Waals surface area contributed by atoms with Gasteiger partial charge < -0.3 is 10.2 Å². The lowest BCUT2D eigenvalue weighted by molar-refractivity contribution is 0.389. The van der Waals surface area contributed by atoms with Crippen LogP contribution in [-0.2, 0) is 13.0 Å². The van der Waals surface area contributed by atoms with Gasteiger partial charge in [-0.1, -0.05) is 20.8 Å². The van der Waals surface area contributed by atoms with E-state index in [2.05, 4.69) is 62.3 Å². The molecule has 0 saturated carbocycles. The molecular weight excluding hydrogens is 314 g/mol. The van der Waals surface area contributed by atoms with Gasteiger partial charge in [-0.2, -0.15) is 0 Å². The minimum absolute atomic E-state index is 0.355. The number of rotatable bonds is 4. The van der Waals surface area contributed by atoms with Crippen molar-refractivity contribution in [1.29, 1.82) is 0 Å². The molecule has 24 heavy (non-hydrogen) atoms. The molecular formula is C20H29N3S. The van der Waals surface area contributed by atoms with Gasteiger partial charge in [0.2, 0.25) is 0 Å². The van der Waals surface area contributed by atoms with Crippen LogP contribution in [0.4, 0.5) is 11.5 Å². The Balaban J connectivity index is 1.73. The molecule has 0 saturated heterocycles. The zero-order valence-corrected chi connectivity index (χ0v) is 16.4. The van der Waals surface area contributed by atoms with Gasteiger partial charge in [0.1, 0.15) is 5.82 Å². The summed E-state index contributed by atoms with van der Waals surface area (Å²) in [5.41, 5.74) is 5.43. The lowest BCUT2D eigenvalue weighted by Crippen LogP contribution is -2.30. The molecule has 1 N–H and O–H groups in total. The Morgan fingerprint density at radius 3 is 2.79 bits per heavy atom. The zero-order chi connectivity index (χ0) is 17.3. The molecule has 4 heteroatoms. The number of nitrogens with zero attached hydrogens (tertiary/aromatic N) is 2. The monoisotopic (exact) mass is 343 g/mol. The molecule has 3 nitrogen and oxygen atoms in total. The molecule has 0 radical (unpaired) electrons. The minimum Gasteiger partial charge on any atom is -0.383 e. The van der Waals surface area contributed by atoms with Crippen molar-refractivity contribution in [2.75, 3.05) is 23.3 Å². The number of nitrogens with one attached hydrogen (secondary N) is 1. The van der Waals surface area contributed by atoms with Crippen LogP contribution in [0.1, 0.15) is 48.9 Å². The maximum Gasteiger partial charge on any atom is 0.129 e. The first-order chi connectivity index (χ1) is 11.3. The van der Waals surface area contributed by atoms with Gasteiger partial charge >= 0.3 is 0 Å². The molecule has 2 aromatic rings. The highest BCUT2D eigenvalue weighted by atomic mass is 32.1. The second-order valence-electron chi connectivity index (χ2n) is 8.04. The molecule has 0 unspecified atom stereocenters. The van der Waals surface area contributed by atoms with E-state index in [1.54, 1.807) is 4.88 Å². The van der Waals surface area contributed by atoms with Gasteiger partial charge in [-0.25, -0.2) is 4.98 Å². The molecule has 0 spiro atoms. The summed E-state index contributed by atoms with van der Waals surface area (Å²) in [5.74, 6) is 1.11. The van der Waals surface area contributed by atoms with E-state index < -0.39 is 0 Å². The molecule has 0 atom stereocenters. The molecule has 3 rings (SSSR count). The summed E-state index contributed by atoms with van der Waals surface area (Å²) in [6.07, 6.45) is 2.29. The fraction of sp³-hybridized carbons (Fsp3) is 0.550. The first kappa shape index (κ1) is 17.3. The summed E-state index contributed by atoms with van der Waals surface area (Å²) in [6, 6.07) is 4.50. The number of anilines is 2. The molecule has 0 aliphatic carbocycles. The molecule has 0 bridgehead atoms. The van der Waals surface area contributed by atoms with Crippen LogP contribution in [0.2, 0.25) is 0 Å². The van der Waals surface area contributed by atoms with E-state index in [-0.39, 0.29) is 0 Å². The Hall–Kier alpha value is -1.55. The normalized spacial score (nSPS) is 14.6. The van der Waals surface area contributed by atoms with Crippen molar-refractivity contribution >= 4 is 22.8 Å². The van der Waals surface area contributed by atoms with Crippen molar-refractivity contribution < 1.29 is 0 Å². The SMILES string of the molecule is Cc1cc(N2CCc3sccc3C2)nc(C)c1NCCC(C)(C)C. The first-order valence-electron chi connectivity index (χ1n) is 8.86. The number of thiophene rings is 1. The molecule has 0 fully saturated rings. The molecule has 2 aromatic heterocycles. The van der Waals surface area contributed by atoms with Gasteiger partial charge in [0.15, 0.2) is 0 Å². The Kier molecular flexibility index (Phi) is 4.86. The minimum atomic E-state index is 0.355. The Morgan fingerprint density at radius 1 is 1.29 bits per heavy atom. The maximum atomic E-state index is 4.90. The number of hydrogen-bond donors (Lipinski definition) is 1. The first-order valence-corrected chi connectivity index (χ1v) is 9.74. The van der Waals surface area contributed by atoms with Gasteiger partial charge in [-0.15, -0.1) is 11.3 Å². The highest BCUT2D eigenvalue weighted by Crippen LogP contribution is 2.30. The smallest absolute Gasteiger partial charge is 0.129 e. The summed E-state index contributed by atoms with van der Waals surface area (Å²) >= 11 is 1.89. The van der Waals surface area contributed by atoms with Crippen LogP contribution in [-0.4, -0.2) is 18.1 Å². The van der Waals surface area contributed by atoms with E-state index in [4.69, 9.17) is 4.98 Å². The third-order valence-electron chi connectivity index (χ3n) is 4.69. The average Bonchev–Trinajstić information content (AvgIpc) is 2.96. The molecule has 0 aromatic carbocycles. The number of pyridine rings is 1. The second kappa shape index (κ2) is 6.75. The summed E-state index contributed by atoms with van der Waals surface area (Å²) in [4.78, 5) is 8.85. The average molecular weight is 344 g/mol. The van der Waals surface area contributed by atoms with Gasteiger partial charge in [0.25, 0.3) is 0 Å². The van der Waals surface area contributed by atoms with Gasteiger partial charge in [0.05, 0.1) is 11.4 Å². The number of fused-ring (bicyclic) bond motifs is 1. The molecule has 1 aliphatic rings. The highest BCUT2D eigenvalue weighted by Gasteiger charge is 2.20. The summed E-state index contributed by atoms with van der Waals surface area (Å²) < 4.78 is 0. The van der Waals surface area contributed by atoms with Gasteiger partial charge in [-0.05, 0) is 60.7 Å². The summed E-state index contributed by atoms with van der Waals surface area (Å²) in [5, 5.41) is 5.81. The van der Waals surface area contributed by atoms with Crippen molar-refractivity contribution in [2.45, 2.75) is 54.0 Å². The molecule has 130 valence electrons. The van der Waals surface area contributed by atoms with Gasteiger partial charge in [0, 0.05) is 24.5 Å². The van der Waals surface area contributed by atoms with Crippen LogP contribution in [0, 0.1) is 19.3 Å². The standard InChI is InChI=1S/C20H29N3S/c1-14-12-18(23-10-6-17-16(13-23)7-11-24-17)22-15(2)19(14)21-9-8-20(3,4)5/h7,11-12,21H,6,8-10,13H2,1-5H3. The van der Waals surface area contributed by atoms with E-state index in [1.165, 1.54) is 16.8 Å². The van der Waals surface area contributed by atoms with E-state index in [0.29, 0.717) is 5.41 Å². The number of aryl methyl sites for hydroxylation is 2. The lowest BCUT2D eigenvalue weighted by atomic mass is 9.92. The lowest BCUT2D eigenvalue weighted by Gasteiger charge is -2.29. The fourth-order valence-corrected chi connectivity index (χ4v) is 4.14. The predicted molar refractivity (Wildman–Crippen MR) is 105 cm³/mol. The summed E-state index contributed by atoms with van der Waals surface area (Å²) in [7, 11) is 0. The van der Waals surface area contributed by atoms with E-state index >= 15 is 0 Å². The predicted octanol–water partition coefficient (Wildman–Crippen LogP) is 5.17. The van der Waals surface area contributed by atoms with E-state index in [0.717, 1.165) is 44.0 Å². The molecule has 1 aliphatic heterocycles. The van der Waals surface area contributed by atoms with E-state index in [1.807, 2.05) is 11.3 Å². The topological polar surface area (TPSA) is 28.2 Å². The Morgan fingerprint density at radius 2 is 2.08 bits per heavy atom. The second-order valence-corrected chi connectivity index (χ2v) is 9.04. The van der Waals surface area contributed by atoms with Crippen LogP contribution >= 0.6 is 11.3 Å². The number of hydrogen-bond acceptors (Lipinski definition) is 4. The van der Waals surface area contributed by atoms with Crippen molar-refractivity contribution in [3.05, 3.63) is 39.2 Å². The van der Waals surface area contributed by atoms with Crippen molar-refractivity contribution in [1.82, 2.24) is 4.98 Å². The maximum absolute atomic E-state index is 4.90. The van der Waals surface area contributed by atoms with E-state index in [9.17, 15) is 0 Å². The van der Waals surface area contributed by atoms with Crippen molar-refractivity contribution in [3.8, 4) is 0 Å². The fourth-order valence-electron chi connectivity index (χ4n) is 3.25.